The minimum atomic E-state index is 1.09. The van der Waals surface area contributed by atoms with Crippen LogP contribution in [0.15, 0.2) is 231 Å². The van der Waals surface area contributed by atoms with Crippen LogP contribution >= 0.6 is 0 Å². The van der Waals surface area contributed by atoms with E-state index in [-0.39, 0.29) is 0 Å². The van der Waals surface area contributed by atoms with Crippen LogP contribution in [0.25, 0.3) is 66.4 Å². The predicted octanol–water partition coefficient (Wildman–Crippen LogP) is 15.4. The van der Waals surface area contributed by atoms with E-state index in [2.05, 4.69) is 235 Å². The highest BCUT2D eigenvalue weighted by Crippen LogP contribution is 2.39. The van der Waals surface area contributed by atoms with Crippen LogP contribution in [0.4, 0.5) is 17.1 Å². The van der Waals surface area contributed by atoms with Crippen molar-refractivity contribution in [3.05, 3.63) is 237 Å². The minimum absolute atomic E-state index is 1.09. The normalized spacial score (nSPS) is 11.7. The quantitative estimate of drug-likeness (QED) is 0.127. The number of aromatic nitrogens is 1. The molecule has 9 aromatic rings. The van der Waals surface area contributed by atoms with Crippen molar-refractivity contribution in [3.63, 3.8) is 0 Å². The van der Waals surface area contributed by atoms with Crippen molar-refractivity contribution in [3.8, 4) is 39.1 Å². The molecular formula is C55H42N2. The minimum Gasteiger partial charge on any atom is -0.311 e. The Morgan fingerprint density at radius 1 is 0.456 bits per heavy atom. The van der Waals surface area contributed by atoms with Crippen molar-refractivity contribution in [2.75, 3.05) is 4.90 Å². The van der Waals surface area contributed by atoms with Crippen molar-refractivity contribution in [2.45, 2.75) is 6.92 Å². The molecule has 0 saturated carbocycles. The molecule has 9 rings (SSSR count). The molecule has 2 heteroatoms. The molecule has 0 fully saturated rings. The van der Waals surface area contributed by atoms with E-state index < -0.39 is 0 Å². The number of anilines is 3. The fraction of sp³-hybridized carbons (Fsp3) is 0.0182. The highest BCUT2D eigenvalue weighted by atomic mass is 15.1. The van der Waals surface area contributed by atoms with Gasteiger partial charge < -0.3 is 9.47 Å². The van der Waals surface area contributed by atoms with Gasteiger partial charge in [-0.3, -0.25) is 0 Å². The van der Waals surface area contributed by atoms with Gasteiger partial charge in [0.2, 0.25) is 0 Å². The van der Waals surface area contributed by atoms with Crippen LogP contribution in [-0.4, -0.2) is 4.57 Å². The standard InChI is InChI=1S/C55H42N2/c1-3-5-14-40(4-2)43-21-30-48(31-22-43)56(49-32-23-44(24-33-49)41-15-8-6-9-16-41)50-34-25-45(26-35-50)46-27-36-51(37-28-46)57-54-20-13-12-19-52(54)53-39-47(29-38-55(53)57)42-17-10-7-11-18-42/h3-39H,1H2,2H3/b14-5-,40-4+. The van der Waals surface area contributed by atoms with E-state index in [1.807, 2.05) is 12.2 Å². The summed E-state index contributed by atoms with van der Waals surface area (Å²) in [4.78, 5) is 2.33. The van der Waals surface area contributed by atoms with Crippen LogP contribution in [0.3, 0.4) is 0 Å². The maximum Gasteiger partial charge on any atom is 0.0541 e. The number of hydrogen-bond acceptors (Lipinski definition) is 1. The first kappa shape index (κ1) is 35.3. The third kappa shape index (κ3) is 7.01. The molecule has 0 aliphatic carbocycles. The number of allylic oxidation sites excluding steroid dienone is 5. The maximum absolute atomic E-state index is 3.84. The number of hydrogen-bond donors (Lipinski definition) is 0. The number of fused-ring (bicyclic) bond motifs is 3. The molecule has 1 heterocycles. The Morgan fingerprint density at radius 3 is 1.47 bits per heavy atom. The average molecular weight is 731 g/mol. The summed E-state index contributed by atoms with van der Waals surface area (Å²) in [5.41, 5.74) is 16.3. The van der Waals surface area contributed by atoms with Crippen LogP contribution < -0.4 is 4.90 Å². The molecule has 8 aromatic carbocycles. The van der Waals surface area contributed by atoms with Gasteiger partial charge in [-0.15, -0.1) is 0 Å². The molecule has 0 radical (unpaired) electrons. The smallest absolute Gasteiger partial charge is 0.0541 e. The van der Waals surface area contributed by atoms with E-state index in [0.29, 0.717) is 0 Å². The lowest BCUT2D eigenvalue weighted by Crippen LogP contribution is -2.10. The first-order chi connectivity index (χ1) is 28.2. The Labute approximate surface area is 335 Å². The first-order valence-corrected chi connectivity index (χ1v) is 19.5. The topological polar surface area (TPSA) is 8.17 Å². The van der Waals surface area contributed by atoms with Gasteiger partial charge in [-0.05, 0) is 118 Å². The summed E-state index contributed by atoms with van der Waals surface area (Å²) in [5.74, 6) is 0. The van der Waals surface area contributed by atoms with Crippen LogP contribution in [0.1, 0.15) is 12.5 Å². The Kier molecular flexibility index (Phi) is 9.75. The van der Waals surface area contributed by atoms with E-state index >= 15 is 0 Å². The third-order valence-corrected chi connectivity index (χ3v) is 10.8. The molecule has 0 bridgehead atoms. The largest absolute Gasteiger partial charge is 0.311 e. The monoisotopic (exact) mass is 730 g/mol. The molecule has 0 atom stereocenters. The molecule has 0 amide bonds. The lowest BCUT2D eigenvalue weighted by Gasteiger charge is -2.26. The molecule has 0 aliphatic rings. The van der Waals surface area contributed by atoms with Gasteiger partial charge in [-0.2, -0.15) is 0 Å². The molecule has 0 saturated heterocycles. The fourth-order valence-electron chi connectivity index (χ4n) is 7.88. The molecular weight excluding hydrogens is 689 g/mol. The molecule has 0 spiro atoms. The van der Waals surface area contributed by atoms with Gasteiger partial charge in [0.05, 0.1) is 11.0 Å². The Morgan fingerprint density at radius 2 is 0.912 bits per heavy atom. The molecule has 0 unspecified atom stereocenters. The van der Waals surface area contributed by atoms with Gasteiger partial charge in [0.15, 0.2) is 0 Å². The number of benzene rings is 8. The van der Waals surface area contributed by atoms with Gasteiger partial charge in [0, 0.05) is 33.5 Å². The van der Waals surface area contributed by atoms with Crippen molar-refractivity contribution in [2.24, 2.45) is 0 Å². The van der Waals surface area contributed by atoms with E-state index in [1.165, 1.54) is 55.2 Å². The predicted molar refractivity (Wildman–Crippen MR) is 245 cm³/mol. The molecule has 0 N–H and O–H groups in total. The molecule has 2 nitrogen and oxygen atoms in total. The Hall–Kier alpha value is -7.42. The van der Waals surface area contributed by atoms with Crippen molar-refractivity contribution >= 4 is 44.4 Å². The zero-order valence-electron chi connectivity index (χ0n) is 32.0. The van der Waals surface area contributed by atoms with Crippen LogP contribution in [0.5, 0.6) is 0 Å². The second kappa shape index (κ2) is 15.7. The molecule has 0 aliphatic heterocycles. The average Bonchev–Trinajstić information content (AvgIpc) is 3.62. The fourth-order valence-corrected chi connectivity index (χ4v) is 7.88. The van der Waals surface area contributed by atoms with E-state index in [9.17, 15) is 0 Å². The summed E-state index contributed by atoms with van der Waals surface area (Å²) in [5, 5.41) is 2.51. The lowest BCUT2D eigenvalue weighted by atomic mass is 10.0. The molecule has 1 aromatic heterocycles. The van der Waals surface area contributed by atoms with Crippen molar-refractivity contribution < 1.29 is 0 Å². The van der Waals surface area contributed by atoms with Crippen molar-refractivity contribution in [1.82, 2.24) is 4.57 Å². The third-order valence-electron chi connectivity index (χ3n) is 10.8. The van der Waals surface area contributed by atoms with E-state index in [4.69, 9.17) is 0 Å². The molecule has 272 valence electrons. The number of para-hydroxylation sites is 1. The summed E-state index contributed by atoms with van der Waals surface area (Å²) >= 11 is 0. The second-order valence-electron chi connectivity index (χ2n) is 14.2. The lowest BCUT2D eigenvalue weighted by molar-refractivity contribution is 1.18. The zero-order chi connectivity index (χ0) is 38.6. The maximum atomic E-state index is 3.84. The first-order valence-electron chi connectivity index (χ1n) is 19.5. The van der Waals surface area contributed by atoms with Crippen molar-refractivity contribution in [1.29, 1.82) is 0 Å². The SMILES string of the molecule is C=C/C=C\C(=C/C)c1ccc(N(c2ccc(-c3ccccc3)cc2)c2ccc(-c3ccc(-n4c5ccccc5c5cc(-c6ccccc6)ccc54)cc3)cc2)cc1. The van der Waals surface area contributed by atoms with Gasteiger partial charge in [0.1, 0.15) is 0 Å². The summed E-state index contributed by atoms with van der Waals surface area (Å²) in [6.07, 6.45) is 8.01. The highest BCUT2D eigenvalue weighted by Gasteiger charge is 2.16. The van der Waals surface area contributed by atoms with E-state index in [0.717, 1.165) is 33.9 Å². The summed E-state index contributed by atoms with van der Waals surface area (Å²) in [6.45, 7) is 5.91. The van der Waals surface area contributed by atoms with Gasteiger partial charge in [-0.1, -0.05) is 164 Å². The summed E-state index contributed by atoms with van der Waals surface area (Å²) < 4.78 is 2.38. The van der Waals surface area contributed by atoms with Crippen LogP contribution in [0, 0.1) is 0 Å². The zero-order valence-corrected chi connectivity index (χ0v) is 32.0. The summed E-state index contributed by atoms with van der Waals surface area (Å²) in [7, 11) is 0. The summed E-state index contributed by atoms with van der Waals surface area (Å²) in [6, 6.07) is 72.2. The van der Waals surface area contributed by atoms with Gasteiger partial charge >= 0.3 is 0 Å². The molecule has 57 heavy (non-hydrogen) atoms. The van der Waals surface area contributed by atoms with E-state index in [1.54, 1.807) is 0 Å². The highest BCUT2D eigenvalue weighted by molar-refractivity contribution is 6.10. The Bertz CT molecular complexity index is 2860. The number of nitrogens with zero attached hydrogens (tertiary/aromatic N) is 2. The van der Waals surface area contributed by atoms with Crippen LogP contribution in [0.2, 0.25) is 0 Å². The second-order valence-corrected chi connectivity index (χ2v) is 14.2. The van der Waals surface area contributed by atoms with Gasteiger partial charge in [-0.25, -0.2) is 0 Å². The van der Waals surface area contributed by atoms with Gasteiger partial charge in [0.25, 0.3) is 0 Å². The Balaban J connectivity index is 1.04. The van der Waals surface area contributed by atoms with Crippen LogP contribution in [-0.2, 0) is 0 Å². The number of rotatable bonds is 10.